The molecule has 5 heteroatoms. The molecule has 0 saturated carbocycles. The van der Waals surface area contributed by atoms with Crippen molar-refractivity contribution in [1.82, 2.24) is 5.43 Å². The zero-order chi connectivity index (χ0) is 15.9. The number of nitrogens with zero attached hydrogens (tertiary/aromatic N) is 1. The average molecular weight is 317 g/mol. The highest BCUT2D eigenvalue weighted by Gasteiger charge is 2.13. The molecule has 1 unspecified atom stereocenters. The summed E-state index contributed by atoms with van der Waals surface area (Å²) < 4.78 is 5.55. The van der Waals surface area contributed by atoms with E-state index in [2.05, 4.69) is 10.5 Å². The minimum Gasteiger partial charge on any atom is -0.481 e. The first-order chi connectivity index (χ1) is 10.5. The summed E-state index contributed by atoms with van der Waals surface area (Å²) >= 11 is 5.87. The number of benzene rings is 2. The van der Waals surface area contributed by atoms with Crippen molar-refractivity contribution in [3.8, 4) is 5.75 Å². The third-order valence-electron chi connectivity index (χ3n) is 2.94. The van der Waals surface area contributed by atoms with E-state index in [4.69, 9.17) is 16.3 Å². The van der Waals surface area contributed by atoms with Crippen LogP contribution in [-0.2, 0) is 4.79 Å². The molecule has 2 rings (SSSR count). The van der Waals surface area contributed by atoms with E-state index in [0.717, 1.165) is 11.1 Å². The highest BCUT2D eigenvalue weighted by atomic mass is 35.5. The molecule has 0 aliphatic carbocycles. The summed E-state index contributed by atoms with van der Waals surface area (Å²) in [4.78, 5) is 11.9. The minimum atomic E-state index is -0.640. The summed E-state index contributed by atoms with van der Waals surface area (Å²) in [5.74, 6) is 0.325. The van der Waals surface area contributed by atoms with Crippen molar-refractivity contribution < 1.29 is 9.53 Å². The smallest absolute Gasteiger partial charge is 0.280 e. The maximum atomic E-state index is 11.9. The highest BCUT2D eigenvalue weighted by Crippen LogP contribution is 2.13. The van der Waals surface area contributed by atoms with Crippen LogP contribution in [0.25, 0.3) is 0 Å². The van der Waals surface area contributed by atoms with Gasteiger partial charge in [-0.25, -0.2) is 5.43 Å². The van der Waals surface area contributed by atoms with Crippen molar-refractivity contribution in [2.24, 2.45) is 5.10 Å². The van der Waals surface area contributed by atoms with Crippen molar-refractivity contribution >= 4 is 23.7 Å². The molecule has 0 aliphatic rings. The molecular weight excluding hydrogens is 300 g/mol. The Hall–Kier alpha value is -2.33. The first-order valence-electron chi connectivity index (χ1n) is 6.86. The molecule has 0 radical (unpaired) electrons. The predicted molar refractivity (Wildman–Crippen MR) is 88.5 cm³/mol. The van der Waals surface area contributed by atoms with E-state index >= 15 is 0 Å². The molecule has 1 N–H and O–H groups in total. The molecule has 4 nitrogen and oxygen atoms in total. The Bertz CT molecular complexity index is 669. The first-order valence-corrected chi connectivity index (χ1v) is 7.24. The second-order valence-corrected chi connectivity index (χ2v) is 5.30. The van der Waals surface area contributed by atoms with E-state index in [1.807, 2.05) is 43.3 Å². The number of amides is 1. The number of halogens is 1. The number of aryl methyl sites for hydroxylation is 1. The van der Waals surface area contributed by atoms with Crippen molar-refractivity contribution in [2.45, 2.75) is 20.0 Å². The van der Waals surface area contributed by atoms with E-state index in [0.29, 0.717) is 10.8 Å². The fourth-order valence-electron chi connectivity index (χ4n) is 1.72. The van der Waals surface area contributed by atoms with Crippen molar-refractivity contribution in [3.05, 3.63) is 64.7 Å². The van der Waals surface area contributed by atoms with E-state index in [1.165, 1.54) is 6.21 Å². The van der Waals surface area contributed by atoms with Gasteiger partial charge in [-0.1, -0.05) is 41.4 Å². The van der Waals surface area contributed by atoms with Gasteiger partial charge in [0.25, 0.3) is 5.91 Å². The van der Waals surface area contributed by atoms with E-state index in [1.54, 1.807) is 19.1 Å². The Labute approximate surface area is 134 Å². The van der Waals surface area contributed by atoms with Crippen molar-refractivity contribution in [2.75, 3.05) is 0 Å². The summed E-state index contributed by atoms with van der Waals surface area (Å²) in [6.45, 7) is 3.66. The van der Waals surface area contributed by atoms with Crippen LogP contribution in [0.2, 0.25) is 5.02 Å². The normalized spacial score (nSPS) is 12.1. The van der Waals surface area contributed by atoms with Gasteiger partial charge in [0.1, 0.15) is 5.75 Å². The molecule has 2 aromatic carbocycles. The third kappa shape index (κ3) is 4.90. The summed E-state index contributed by atoms with van der Waals surface area (Å²) in [7, 11) is 0. The number of hydrogen-bond acceptors (Lipinski definition) is 3. The van der Waals surface area contributed by atoms with Gasteiger partial charge < -0.3 is 4.74 Å². The molecule has 22 heavy (non-hydrogen) atoms. The SMILES string of the molecule is Cc1ccc(OC(C)C(=O)N/N=C/c2cccc(Cl)c2)cc1. The number of ether oxygens (including phenoxy) is 1. The zero-order valence-electron chi connectivity index (χ0n) is 12.4. The Morgan fingerprint density at radius 1 is 1.27 bits per heavy atom. The Morgan fingerprint density at radius 2 is 2.00 bits per heavy atom. The van der Waals surface area contributed by atoms with Gasteiger partial charge in [0.05, 0.1) is 6.21 Å². The number of nitrogens with one attached hydrogen (secondary N) is 1. The van der Waals surface area contributed by atoms with Crippen LogP contribution in [-0.4, -0.2) is 18.2 Å². The Morgan fingerprint density at radius 3 is 2.68 bits per heavy atom. The second-order valence-electron chi connectivity index (χ2n) is 4.86. The van der Waals surface area contributed by atoms with Gasteiger partial charge in [0.2, 0.25) is 0 Å². The number of rotatable bonds is 5. The molecule has 0 aromatic heterocycles. The topological polar surface area (TPSA) is 50.7 Å². The van der Waals surface area contributed by atoms with Crippen LogP contribution >= 0.6 is 11.6 Å². The van der Waals surface area contributed by atoms with Crippen LogP contribution < -0.4 is 10.2 Å². The van der Waals surface area contributed by atoms with Gasteiger partial charge in [0.15, 0.2) is 6.10 Å². The third-order valence-corrected chi connectivity index (χ3v) is 3.18. The lowest BCUT2D eigenvalue weighted by atomic mass is 10.2. The van der Waals surface area contributed by atoms with Crippen molar-refractivity contribution in [3.63, 3.8) is 0 Å². The predicted octanol–water partition coefficient (Wildman–Crippen LogP) is 3.57. The van der Waals surface area contributed by atoms with E-state index in [-0.39, 0.29) is 5.91 Å². The fraction of sp³-hybridized carbons (Fsp3) is 0.176. The zero-order valence-corrected chi connectivity index (χ0v) is 13.2. The summed E-state index contributed by atoms with van der Waals surface area (Å²) in [5, 5.41) is 4.51. The van der Waals surface area contributed by atoms with Crippen molar-refractivity contribution in [1.29, 1.82) is 0 Å². The highest BCUT2D eigenvalue weighted by molar-refractivity contribution is 6.30. The Kier molecular flexibility index (Phi) is 5.55. The maximum absolute atomic E-state index is 11.9. The van der Waals surface area contributed by atoms with Gasteiger partial charge in [-0.05, 0) is 43.7 Å². The lowest BCUT2D eigenvalue weighted by molar-refractivity contribution is -0.127. The number of carbonyl (C=O) groups is 1. The molecule has 0 aliphatic heterocycles. The lowest BCUT2D eigenvalue weighted by Gasteiger charge is -2.12. The minimum absolute atomic E-state index is 0.321. The van der Waals surface area contributed by atoms with Gasteiger partial charge in [-0.3, -0.25) is 4.79 Å². The summed E-state index contributed by atoms with van der Waals surface area (Å²) in [6, 6.07) is 14.7. The van der Waals surface area contributed by atoms with Crippen LogP contribution in [0.1, 0.15) is 18.1 Å². The average Bonchev–Trinajstić information content (AvgIpc) is 2.49. The molecule has 2 aromatic rings. The maximum Gasteiger partial charge on any atom is 0.280 e. The monoisotopic (exact) mass is 316 g/mol. The molecule has 0 heterocycles. The molecule has 0 spiro atoms. The largest absolute Gasteiger partial charge is 0.481 e. The first kappa shape index (κ1) is 16.0. The molecule has 1 amide bonds. The summed E-state index contributed by atoms with van der Waals surface area (Å²) in [6.07, 6.45) is 0.891. The van der Waals surface area contributed by atoms with E-state index < -0.39 is 6.10 Å². The van der Waals surface area contributed by atoms with Crippen LogP contribution in [0.15, 0.2) is 53.6 Å². The van der Waals surface area contributed by atoms with E-state index in [9.17, 15) is 4.79 Å². The standard InChI is InChI=1S/C17H17ClN2O2/c1-12-6-8-16(9-7-12)22-13(2)17(21)20-19-11-14-4-3-5-15(18)10-14/h3-11,13H,1-2H3,(H,20,21)/b19-11+. The second kappa shape index (κ2) is 7.61. The fourth-order valence-corrected chi connectivity index (χ4v) is 1.92. The molecular formula is C17H17ClN2O2. The Balaban J connectivity index is 1.87. The number of hydrazone groups is 1. The number of carbonyl (C=O) groups excluding carboxylic acids is 1. The van der Waals surface area contributed by atoms with Gasteiger partial charge >= 0.3 is 0 Å². The van der Waals surface area contributed by atoms with Crippen LogP contribution in [0, 0.1) is 6.92 Å². The molecule has 0 saturated heterocycles. The summed E-state index contributed by atoms with van der Waals surface area (Å²) in [5.41, 5.74) is 4.38. The van der Waals surface area contributed by atoms with Gasteiger partial charge in [-0.15, -0.1) is 0 Å². The quantitative estimate of drug-likeness (QED) is 0.677. The van der Waals surface area contributed by atoms with Crippen LogP contribution in [0.3, 0.4) is 0 Å². The molecule has 0 fully saturated rings. The van der Waals surface area contributed by atoms with Gasteiger partial charge in [0, 0.05) is 5.02 Å². The molecule has 1 atom stereocenters. The molecule has 114 valence electrons. The van der Waals surface area contributed by atoms with Crippen LogP contribution in [0.4, 0.5) is 0 Å². The van der Waals surface area contributed by atoms with Crippen LogP contribution in [0.5, 0.6) is 5.75 Å². The number of hydrogen-bond donors (Lipinski definition) is 1. The molecule has 0 bridgehead atoms. The van der Waals surface area contributed by atoms with Gasteiger partial charge in [-0.2, -0.15) is 5.10 Å². The lowest BCUT2D eigenvalue weighted by Crippen LogP contribution is -2.33.